The van der Waals surface area contributed by atoms with E-state index in [9.17, 15) is 9.59 Å². The van der Waals surface area contributed by atoms with Crippen LogP contribution in [0.25, 0.3) is 21.6 Å². The molecule has 0 bridgehead atoms. The molecule has 0 aliphatic carbocycles. The molecule has 220 valence electrons. The number of rotatable bonds is 12. The van der Waals surface area contributed by atoms with E-state index >= 15 is 0 Å². The summed E-state index contributed by atoms with van der Waals surface area (Å²) in [5.41, 5.74) is 2.74. The number of benzene rings is 1. The van der Waals surface area contributed by atoms with Gasteiger partial charge < -0.3 is 14.3 Å². The lowest BCUT2D eigenvalue weighted by atomic mass is 9.86. The lowest BCUT2D eigenvalue weighted by Crippen LogP contribution is -2.13. The highest BCUT2D eigenvalue weighted by Gasteiger charge is 2.22. The number of thiophene rings is 1. The van der Waals surface area contributed by atoms with E-state index in [1.54, 1.807) is 13.8 Å². The minimum atomic E-state index is -0.424. The van der Waals surface area contributed by atoms with Crippen LogP contribution in [0.1, 0.15) is 93.8 Å². The molecule has 4 rings (SSSR count). The lowest BCUT2D eigenvalue weighted by molar-refractivity contribution is 0.0531. The van der Waals surface area contributed by atoms with Gasteiger partial charge in [-0.15, -0.1) is 21.5 Å². The number of aromatic amines is 1. The van der Waals surface area contributed by atoms with Crippen molar-refractivity contribution < 1.29 is 9.53 Å². The fourth-order valence-corrected chi connectivity index (χ4v) is 6.73. The highest BCUT2D eigenvalue weighted by molar-refractivity contribution is 7.98. The maximum absolute atomic E-state index is 13.0. The first-order valence-electron chi connectivity index (χ1n) is 14.4. The van der Waals surface area contributed by atoms with Crippen molar-refractivity contribution in [2.75, 3.05) is 6.61 Å². The van der Waals surface area contributed by atoms with E-state index < -0.39 is 5.97 Å². The second-order valence-corrected chi connectivity index (χ2v) is 13.5. The minimum Gasteiger partial charge on any atom is -0.462 e. The molecule has 0 amide bonds. The van der Waals surface area contributed by atoms with Crippen LogP contribution in [-0.4, -0.2) is 37.3 Å². The van der Waals surface area contributed by atoms with Crippen LogP contribution in [0, 0.1) is 12.8 Å². The zero-order valence-electron chi connectivity index (χ0n) is 25.2. The fraction of sp³-hybridized carbons (Fsp3) is 0.516. The summed E-state index contributed by atoms with van der Waals surface area (Å²) in [5.74, 6) is 1.84. The van der Waals surface area contributed by atoms with Gasteiger partial charge in [-0.25, -0.2) is 9.78 Å². The summed E-state index contributed by atoms with van der Waals surface area (Å²) in [7, 11) is 0. The largest absolute Gasteiger partial charge is 0.462 e. The number of thioether (sulfide) groups is 1. The van der Waals surface area contributed by atoms with Crippen molar-refractivity contribution >= 4 is 39.3 Å². The van der Waals surface area contributed by atoms with E-state index in [0.29, 0.717) is 38.2 Å². The summed E-state index contributed by atoms with van der Waals surface area (Å²) in [5, 5.41) is 10.4. The maximum atomic E-state index is 13.0. The van der Waals surface area contributed by atoms with Crippen LogP contribution in [0.15, 0.2) is 34.2 Å². The van der Waals surface area contributed by atoms with Crippen LogP contribution in [0.5, 0.6) is 0 Å². The third-order valence-corrected chi connectivity index (χ3v) is 9.31. The van der Waals surface area contributed by atoms with Crippen LogP contribution in [-0.2, 0) is 22.4 Å². The van der Waals surface area contributed by atoms with Gasteiger partial charge in [-0.1, -0.05) is 89.9 Å². The average Bonchev–Trinajstić information content (AvgIpc) is 3.48. The summed E-state index contributed by atoms with van der Waals surface area (Å²) in [6.45, 7) is 15.7. The van der Waals surface area contributed by atoms with Gasteiger partial charge in [0.2, 0.25) is 0 Å². The molecule has 10 heteroatoms. The molecular formula is C31H41N5O3S2. The molecule has 1 N–H and O–H groups in total. The Balaban J connectivity index is 1.62. The fourth-order valence-electron chi connectivity index (χ4n) is 4.82. The standard InChI is InChI=1S/C31H41N5O3S2/c1-8-10-11-12-19(3)17-36-26(21-13-15-22(16-14-21)31(5,6)7)34-35-30(36)40-18-23-32-27(37)24-20(4)25(29(38)39-9-2)41-28(24)33-23/h13-16,19H,8-12,17-18H2,1-7H3,(H,32,33,37)/t19-/m1/s1. The van der Waals surface area contributed by atoms with E-state index in [0.717, 1.165) is 29.5 Å². The molecule has 0 saturated carbocycles. The number of unbranched alkanes of at least 4 members (excludes halogenated alkanes) is 2. The predicted octanol–water partition coefficient (Wildman–Crippen LogP) is 7.53. The Morgan fingerprint density at radius 1 is 1.15 bits per heavy atom. The second-order valence-electron chi connectivity index (χ2n) is 11.6. The molecule has 0 aliphatic heterocycles. The Hall–Kier alpha value is -2.98. The van der Waals surface area contributed by atoms with Crippen molar-refractivity contribution in [2.24, 2.45) is 5.92 Å². The third-order valence-electron chi connectivity index (χ3n) is 7.17. The number of carbonyl (C=O) groups excluding carboxylic acids is 1. The minimum absolute atomic E-state index is 0.0736. The molecule has 0 aliphatic rings. The normalized spacial score (nSPS) is 12.7. The third kappa shape index (κ3) is 7.27. The smallest absolute Gasteiger partial charge is 0.348 e. The zero-order chi connectivity index (χ0) is 29.7. The number of hydrogen-bond donors (Lipinski definition) is 1. The van der Waals surface area contributed by atoms with E-state index in [1.165, 1.54) is 47.9 Å². The number of esters is 1. The van der Waals surface area contributed by atoms with Crippen molar-refractivity contribution in [1.29, 1.82) is 0 Å². The Kier molecular flexibility index (Phi) is 10.1. The molecule has 8 nitrogen and oxygen atoms in total. The van der Waals surface area contributed by atoms with E-state index in [-0.39, 0.29) is 17.6 Å². The molecule has 4 aromatic rings. The van der Waals surface area contributed by atoms with Crippen LogP contribution in [0.4, 0.5) is 0 Å². The number of aryl methyl sites for hydroxylation is 1. The Morgan fingerprint density at radius 2 is 1.88 bits per heavy atom. The highest BCUT2D eigenvalue weighted by Crippen LogP contribution is 2.31. The molecule has 0 spiro atoms. The van der Waals surface area contributed by atoms with Gasteiger partial charge in [0.25, 0.3) is 5.56 Å². The van der Waals surface area contributed by atoms with E-state index in [1.807, 2.05) is 0 Å². The predicted molar refractivity (Wildman–Crippen MR) is 168 cm³/mol. The Labute approximate surface area is 250 Å². The maximum Gasteiger partial charge on any atom is 0.348 e. The van der Waals surface area contributed by atoms with Crippen LogP contribution >= 0.6 is 23.1 Å². The van der Waals surface area contributed by atoms with Crippen molar-refractivity contribution in [2.45, 2.75) is 97.0 Å². The highest BCUT2D eigenvalue weighted by atomic mass is 32.2. The number of carbonyl (C=O) groups is 1. The molecule has 41 heavy (non-hydrogen) atoms. The van der Waals surface area contributed by atoms with Gasteiger partial charge in [0.15, 0.2) is 11.0 Å². The molecule has 0 saturated heterocycles. The number of nitrogens with zero attached hydrogens (tertiary/aromatic N) is 4. The van der Waals surface area contributed by atoms with E-state index in [4.69, 9.17) is 9.72 Å². The lowest BCUT2D eigenvalue weighted by Gasteiger charge is -2.19. The number of aromatic nitrogens is 5. The monoisotopic (exact) mass is 595 g/mol. The van der Waals surface area contributed by atoms with Gasteiger partial charge in [0.1, 0.15) is 15.5 Å². The first-order valence-corrected chi connectivity index (χ1v) is 16.2. The Morgan fingerprint density at radius 3 is 2.54 bits per heavy atom. The van der Waals surface area contributed by atoms with E-state index in [2.05, 4.69) is 78.6 Å². The number of nitrogens with one attached hydrogen (secondary N) is 1. The molecule has 0 unspecified atom stereocenters. The van der Waals surface area contributed by atoms with Gasteiger partial charge in [0, 0.05) is 12.1 Å². The van der Waals surface area contributed by atoms with Gasteiger partial charge in [-0.05, 0) is 42.7 Å². The van der Waals surface area contributed by atoms with Crippen LogP contribution in [0.2, 0.25) is 0 Å². The molecular weight excluding hydrogens is 555 g/mol. The van der Waals surface area contributed by atoms with Gasteiger partial charge >= 0.3 is 5.97 Å². The number of fused-ring (bicyclic) bond motifs is 1. The summed E-state index contributed by atoms with van der Waals surface area (Å²) >= 11 is 2.70. The first kappa shape index (κ1) is 31.0. The van der Waals surface area contributed by atoms with Gasteiger partial charge in [0.05, 0.1) is 17.7 Å². The number of hydrogen-bond acceptors (Lipinski definition) is 8. The second kappa shape index (κ2) is 13.3. The molecule has 0 fully saturated rings. The summed E-state index contributed by atoms with van der Waals surface area (Å²) in [6, 6.07) is 8.60. The summed E-state index contributed by atoms with van der Waals surface area (Å²) in [4.78, 5) is 33.9. The Bertz CT molecular complexity index is 1550. The topological polar surface area (TPSA) is 103 Å². The van der Waals surface area contributed by atoms with Crippen molar-refractivity contribution in [1.82, 2.24) is 24.7 Å². The van der Waals surface area contributed by atoms with Gasteiger partial charge in [-0.2, -0.15) is 0 Å². The van der Waals surface area contributed by atoms with Crippen molar-refractivity contribution in [3.05, 3.63) is 56.4 Å². The van der Waals surface area contributed by atoms with Gasteiger partial charge in [-0.3, -0.25) is 4.79 Å². The van der Waals surface area contributed by atoms with Crippen molar-refractivity contribution in [3.8, 4) is 11.4 Å². The molecule has 3 aromatic heterocycles. The zero-order valence-corrected chi connectivity index (χ0v) is 26.8. The SMILES string of the molecule is CCCCC[C@@H](C)Cn1c(SCc2nc3sc(C(=O)OCC)c(C)c3c(=O)[nH]2)nnc1-c1ccc(C(C)(C)C)cc1. The molecule has 1 atom stereocenters. The molecule has 0 radical (unpaired) electrons. The average molecular weight is 596 g/mol. The number of H-pyrrole nitrogens is 1. The first-order chi connectivity index (χ1) is 19.5. The molecule has 1 aromatic carbocycles. The van der Waals surface area contributed by atoms with Crippen molar-refractivity contribution in [3.63, 3.8) is 0 Å². The summed E-state index contributed by atoms with van der Waals surface area (Å²) in [6.07, 6.45) is 4.78. The number of ether oxygens (including phenoxy) is 1. The molecule has 3 heterocycles. The van der Waals surface area contributed by atoms with Crippen LogP contribution < -0.4 is 5.56 Å². The summed E-state index contributed by atoms with van der Waals surface area (Å²) < 4.78 is 7.37. The van der Waals surface area contributed by atoms with Crippen LogP contribution in [0.3, 0.4) is 0 Å². The quantitative estimate of drug-likeness (QED) is 0.103.